The van der Waals surface area contributed by atoms with E-state index in [1.165, 1.54) is 12.1 Å². The van der Waals surface area contributed by atoms with E-state index in [0.29, 0.717) is 23.5 Å². The number of halogens is 2. The standard InChI is InChI=1S/C24H25F2N3O2/c1-23(2,3)13-14-11-17(15-9-10-20(25)29-21(15)26)28-19(12-14)24(4,5)18-8-6-7-16(27-18)22(30)31/h6-12H,13H2,1-5H3,(H,30,31). The van der Waals surface area contributed by atoms with Crippen molar-refractivity contribution in [2.24, 2.45) is 5.41 Å². The van der Waals surface area contributed by atoms with E-state index in [1.54, 1.807) is 18.2 Å². The first-order valence-corrected chi connectivity index (χ1v) is 9.91. The Labute approximate surface area is 180 Å². The summed E-state index contributed by atoms with van der Waals surface area (Å²) in [5, 5.41) is 9.31. The van der Waals surface area contributed by atoms with Crippen molar-refractivity contribution in [3.8, 4) is 11.3 Å². The maximum absolute atomic E-state index is 14.4. The van der Waals surface area contributed by atoms with Crippen LogP contribution in [0, 0.1) is 17.3 Å². The van der Waals surface area contributed by atoms with Crippen LogP contribution in [0.3, 0.4) is 0 Å². The van der Waals surface area contributed by atoms with Gasteiger partial charge < -0.3 is 5.11 Å². The smallest absolute Gasteiger partial charge is 0.354 e. The van der Waals surface area contributed by atoms with E-state index in [4.69, 9.17) is 0 Å². The average molecular weight is 425 g/mol. The van der Waals surface area contributed by atoms with E-state index in [0.717, 1.165) is 11.6 Å². The van der Waals surface area contributed by atoms with Gasteiger partial charge in [0.1, 0.15) is 5.69 Å². The first-order chi connectivity index (χ1) is 14.4. The third kappa shape index (κ3) is 5.10. The molecule has 162 valence electrons. The van der Waals surface area contributed by atoms with Crippen LogP contribution in [0.1, 0.15) is 62.1 Å². The zero-order valence-corrected chi connectivity index (χ0v) is 18.2. The van der Waals surface area contributed by atoms with Gasteiger partial charge in [-0.2, -0.15) is 13.8 Å². The van der Waals surface area contributed by atoms with Gasteiger partial charge in [-0.1, -0.05) is 26.8 Å². The highest BCUT2D eigenvalue weighted by atomic mass is 19.1. The van der Waals surface area contributed by atoms with Crippen LogP contribution in [0.2, 0.25) is 0 Å². The number of rotatable bonds is 5. The zero-order valence-electron chi connectivity index (χ0n) is 18.2. The van der Waals surface area contributed by atoms with Crippen molar-refractivity contribution in [2.75, 3.05) is 0 Å². The Balaban J connectivity index is 2.19. The second kappa shape index (κ2) is 8.13. The van der Waals surface area contributed by atoms with Gasteiger partial charge in [-0.05, 0) is 67.6 Å². The number of aromatic nitrogens is 3. The number of carboxylic acid groups (broad SMARTS) is 1. The molecule has 0 amide bonds. The molecule has 0 fully saturated rings. The Morgan fingerprint density at radius 1 is 0.935 bits per heavy atom. The first-order valence-electron chi connectivity index (χ1n) is 9.91. The molecule has 0 aliphatic carbocycles. The molecule has 3 rings (SSSR count). The van der Waals surface area contributed by atoms with Crippen molar-refractivity contribution in [1.82, 2.24) is 15.0 Å². The van der Waals surface area contributed by atoms with Crippen LogP contribution < -0.4 is 0 Å². The lowest BCUT2D eigenvalue weighted by molar-refractivity contribution is 0.0690. The van der Waals surface area contributed by atoms with E-state index in [1.807, 2.05) is 19.9 Å². The van der Waals surface area contributed by atoms with Crippen LogP contribution in [0.15, 0.2) is 42.5 Å². The van der Waals surface area contributed by atoms with E-state index in [2.05, 4.69) is 35.7 Å². The van der Waals surface area contributed by atoms with E-state index in [9.17, 15) is 18.7 Å². The molecule has 0 aromatic carbocycles. The fourth-order valence-electron chi connectivity index (χ4n) is 3.40. The van der Waals surface area contributed by atoms with Crippen LogP contribution in [0.5, 0.6) is 0 Å². The number of pyridine rings is 3. The molecule has 3 aromatic rings. The average Bonchev–Trinajstić information content (AvgIpc) is 2.66. The highest BCUT2D eigenvalue weighted by Crippen LogP contribution is 2.33. The van der Waals surface area contributed by atoms with E-state index in [-0.39, 0.29) is 16.7 Å². The van der Waals surface area contributed by atoms with Crippen molar-refractivity contribution in [3.63, 3.8) is 0 Å². The summed E-state index contributed by atoms with van der Waals surface area (Å²) in [6.07, 6.45) is 0.699. The van der Waals surface area contributed by atoms with Gasteiger partial charge in [-0.25, -0.2) is 9.78 Å². The largest absolute Gasteiger partial charge is 0.477 e. The molecule has 0 aliphatic rings. The Kier molecular flexibility index (Phi) is 5.89. The molecule has 0 spiro atoms. The molecule has 0 atom stereocenters. The lowest BCUT2D eigenvalue weighted by Crippen LogP contribution is -2.24. The number of hydrogen-bond acceptors (Lipinski definition) is 4. The summed E-state index contributed by atoms with van der Waals surface area (Å²) >= 11 is 0. The molecule has 1 N–H and O–H groups in total. The summed E-state index contributed by atoms with van der Waals surface area (Å²) in [5.74, 6) is -2.95. The van der Waals surface area contributed by atoms with Gasteiger partial charge in [-0.3, -0.25) is 4.98 Å². The fourth-order valence-corrected chi connectivity index (χ4v) is 3.40. The Morgan fingerprint density at radius 2 is 1.65 bits per heavy atom. The van der Waals surface area contributed by atoms with Gasteiger partial charge in [0, 0.05) is 5.41 Å². The lowest BCUT2D eigenvalue weighted by atomic mass is 9.81. The monoisotopic (exact) mass is 425 g/mol. The van der Waals surface area contributed by atoms with Crippen LogP contribution in [-0.4, -0.2) is 26.0 Å². The molecule has 0 bridgehead atoms. The molecule has 0 radical (unpaired) electrons. The number of aromatic carboxylic acids is 1. The normalized spacial score (nSPS) is 12.1. The third-order valence-electron chi connectivity index (χ3n) is 4.96. The minimum atomic E-state index is -1.12. The second-order valence-electron chi connectivity index (χ2n) is 9.29. The van der Waals surface area contributed by atoms with Crippen molar-refractivity contribution in [3.05, 3.63) is 77.0 Å². The highest BCUT2D eigenvalue weighted by Gasteiger charge is 2.29. The van der Waals surface area contributed by atoms with Crippen LogP contribution in [-0.2, 0) is 11.8 Å². The van der Waals surface area contributed by atoms with Crippen LogP contribution >= 0.6 is 0 Å². The summed E-state index contributed by atoms with van der Waals surface area (Å²) in [5.41, 5.74) is 1.62. The Hall–Kier alpha value is -3.22. The molecule has 0 aliphatic heterocycles. The highest BCUT2D eigenvalue weighted by molar-refractivity contribution is 5.85. The minimum Gasteiger partial charge on any atom is -0.477 e. The van der Waals surface area contributed by atoms with Gasteiger partial charge in [0.25, 0.3) is 0 Å². The van der Waals surface area contributed by atoms with Crippen molar-refractivity contribution in [1.29, 1.82) is 0 Å². The fraction of sp³-hybridized carbons (Fsp3) is 0.333. The molecule has 3 heterocycles. The van der Waals surface area contributed by atoms with Gasteiger partial charge in [0.2, 0.25) is 11.9 Å². The molecular weight excluding hydrogens is 400 g/mol. The molecule has 0 saturated heterocycles. The van der Waals surface area contributed by atoms with Crippen molar-refractivity contribution >= 4 is 5.97 Å². The predicted molar refractivity (Wildman–Crippen MR) is 114 cm³/mol. The number of carbonyl (C=O) groups is 1. The molecule has 31 heavy (non-hydrogen) atoms. The van der Waals surface area contributed by atoms with Crippen LogP contribution in [0.25, 0.3) is 11.3 Å². The van der Waals surface area contributed by atoms with Gasteiger partial charge in [0.15, 0.2) is 0 Å². The lowest BCUT2D eigenvalue weighted by Gasteiger charge is -2.26. The van der Waals surface area contributed by atoms with Crippen LogP contribution in [0.4, 0.5) is 8.78 Å². The molecule has 5 nitrogen and oxygen atoms in total. The molecule has 0 unspecified atom stereocenters. The number of carboxylic acids is 1. The van der Waals surface area contributed by atoms with Gasteiger partial charge in [-0.15, -0.1) is 0 Å². The molecule has 0 saturated carbocycles. The van der Waals surface area contributed by atoms with E-state index >= 15 is 0 Å². The molecule has 3 aromatic heterocycles. The van der Waals surface area contributed by atoms with Gasteiger partial charge >= 0.3 is 5.97 Å². The summed E-state index contributed by atoms with van der Waals surface area (Å²) < 4.78 is 27.8. The molecule has 7 heteroatoms. The summed E-state index contributed by atoms with van der Waals surface area (Å²) in [6.45, 7) is 10.0. The van der Waals surface area contributed by atoms with Crippen molar-refractivity contribution in [2.45, 2.75) is 46.5 Å². The summed E-state index contributed by atoms with van der Waals surface area (Å²) in [7, 11) is 0. The first kappa shape index (κ1) is 22.5. The van der Waals surface area contributed by atoms with Gasteiger partial charge in [0.05, 0.1) is 22.6 Å². The van der Waals surface area contributed by atoms with Crippen molar-refractivity contribution < 1.29 is 18.7 Å². The Bertz CT molecular complexity index is 1140. The SMILES string of the molecule is CC(C)(C)Cc1cc(-c2ccc(F)nc2F)nc(C(C)(C)c2cccc(C(=O)O)n2)c1. The quantitative estimate of drug-likeness (QED) is 0.552. The minimum absolute atomic E-state index is 0.0406. The maximum atomic E-state index is 14.4. The maximum Gasteiger partial charge on any atom is 0.354 e. The zero-order chi connectivity index (χ0) is 23.0. The molecular formula is C24H25F2N3O2. The number of hydrogen-bond donors (Lipinski definition) is 1. The topological polar surface area (TPSA) is 76.0 Å². The second-order valence-corrected chi connectivity index (χ2v) is 9.29. The predicted octanol–water partition coefficient (Wildman–Crippen LogP) is 5.43. The Morgan fingerprint density at radius 3 is 2.26 bits per heavy atom. The summed E-state index contributed by atoms with van der Waals surface area (Å²) in [4.78, 5) is 23.6. The number of nitrogens with zero attached hydrogens (tertiary/aromatic N) is 3. The third-order valence-corrected chi connectivity index (χ3v) is 4.96. The van der Waals surface area contributed by atoms with E-state index < -0.39 is 23.3 Å². The summed E-state index contributed by atoms with van der Waals surface area (Å²) in [6, 6.07) is 10.9.